The Morgan fingerprint density at radius 3 is 0.674 bits per heavy atom. The van der Waals surface area contributed by atoms with E-state index in [-0.39, 0.29) is 25.7 Å². The van der Waals surface area contributed by atoms with Gasteiger partial charge in [0.1, 0.15) is 19.3 Å². The van der Waals surface area contributed by atoms with Gasteiger partial charge in [-0.1, -0.05) is 312 Å². The number of aliphatic hydroxyl groups is 1. The highest BCUT2D eigenvalue weighted by atomic mass is 31.2. The van der Waals surface area contributed by atoms with Gasteiger partial charge in [-0.3, -0.25) is 37.3 Å². The fourth-order valence-corrected chi connectivity index (χ4v) is 12.6. The van der Waals surface area contributed by atoms with Crippen molar-refractivity contribution in [3.05, 3.63) is 0 Å². The molecule has 0 rings (SSSR count). The van der Waals surface area contributed by atoms with E-state index in [1.54, 1.807) is 0 Å². The molecule has 0 spiro atoms. The maximum Gasteiger partial charge on any atom is 0.472 e. The van der Waals surface area contributed by atoms with E-state index in [1.807, 2.05) is 0 Å². The van der Waals surface area contributed by atoms with Crippen LogP contribution in [0.1, 0.15) is 364 Å². The van der Waals surface area contributed by atoms with E-state index in [4.69, 9.17) is 37.0 Å². The molecular weight excluding hydrogens is 1210 g/mol. The van der Waals surface area contributed by atoms with Gasteiger partial charge in [0.15, 0.2) is 12.2 Å². The number of hydrogen-bond donors (Lipinski definition) is 3. The van der Waals surface area contributed by atoms with Gasteiger partial charge in [0.05, 0.1) is 26.4 Å². The minimum atomic E-state index is -4.96. The number of phosphoric acid groups is 2. The first-order chi connectivity index (χ1) is 44.1. The summed E-state index contributed by atoms with van der Waals surface area (Å²) in [6.45, 7) is 14.1. The number of unbranched alkanes of at least 4 members (excludes halogenated alkanes) is 36. The van der Waals surface area contributed by atoms with Gasteiger partial charge in [0.25, 0.3) is 0 Å². The lowest BCUT2D eigenvalue weighted by molar-refractivity contribution is -0.161. The summed E-state index contributed by atoms with van der Waals surface area (Å²) in [7, 11) is -9.91. The highest BCUT2D eigenvalue weighted by molar-refractivity contribution is 7.47. The predicted molar refractivity (Wildman–Crippen MR) is 372 cm³/mol. The second-order valence-corrected chi connectivity index (χ2v) is 31.1. The minimum absolute atomic E-state index is 0.102. The highest BCUT2D eigenvalue weighted by Gasteiger charge is 2.30. The van der Waals surface area contributed by atoms with Crippen molar-refractivity contribution in [3.8, 4) is 0 Å². The molecule has 0 aliphatic carbocycles. The Bertz CT molecular complexity index is 1820. The number of aliphatic hydroxyl groups excluding tert-OH is 1. The van der Waals surface area contributed by atoms with Gasteiger partial charge < -0.3 is 33.8 Å². The quantitative estimate of drug-likeness (QED) is 0.0222. The lowest BCUT2D eigenvalue weighted by atomic mass is 10.0. The average molecular weight is 1350 g/mol. The summed E-state index contributed by atoms with van der Waals surface area (Å²) in [6.07, 6.45) is 46.1. The molecule has 2 unspecified atom stereocenters. The van der Waals surface area contributed by atoms with Gasteiger partial charge >= 0.3 is 39.5 Å². The number of hydrogen-bond acceptors (Lipinski definition) is 15. The molecule has 5 atom stereocenters. The molecule has 0 aliphatic rings. The van der Waals surface area contributed by atoms with Crippen molar-refractivity contribution in [2.75, 3.05) is 39.6 Å². The first kappa shape index (κ1) is 90.1. The van der Waals surface area contributed by atoms with Crippen LogP contribution in [0, 0.1) is 23.7 Å². The van der Waals surface area contributed by atoms with Crippen molar-refractivity contribution in [1.29, 1.82) is 0 Å². The fraction of sp³-hybridized carbons (Fsp3) is 0.945. The van der Waals surface area contributed by atoms with Crippen molar-refractivity contribution >= 4 is 39.5 Å². The summed E-state index contributed by atoms with van der Waals surface area (Å²) in [5.74, 6) is 0.826. The van der Waals surface area contributed by atoms with Gasteiger partial charge in [-0.25, -0.2) is 9.13 Å². The topological polar surface area (TPSA) is 237 Å². The molecular formula is C73H142O17P2. The summed E-state index contributed by atoms with van der Waals surface area (Å²) in [5.41, 5.74) is 0. The normalized spacial score (nSPS) is 14.2. The highest BCUT2D eigenvalue weighted by Crippen LogP contribution is 2.45. The Morgan fingerprint density at radius 1 is 0.272 bits per heavy atom. The van der Waals surface area contributed by atoms with Gasteiger partial charge in [-0.05, 0) is 49.4 Å². The standard InChI is InChI=1S/C73H142O17P2/c1-63(2)49-41-33-25-20-16-13-11-9-10-12-14-18-23-29-39-47-55-72(77)89-68(59-83-70(75)53-45-37-28-22-19-15-17-21-26-34-42-50-64(3)4)61-87-91(79,80)85-57-67(74)58-86-92(81,82)88-62-69(60-84-71(76)54-46-38-32-31-36-44-52-66(7)8)90-73(78)56-48-40-30-24-27-35-43-51-65(5)6/h63-69,74H,9-62H2,1-8H3,(H,79,80)(H,81,82)/t67-,68-,69-/m1/s1. The Kier molecular flexibility index (Phi) is 61.3. The molecule has 19 heteroatoms. The summed E-state index contributed by atoms with van der Waals surface area (Å²) in [4.78, 5) is 72.6. The van der Waals surface area contributed by atoms with E-state index in [9.17, 15) is 43.2 Å². The lowest BCUT2D eigenvalue weighted by Crippen LogP contribution is -2.30. The minimum Gasteiger partial charge on any atom is -0.462 e. The summed E-state index contributed by atoms with van der Waals surface area (Å²) >= 11 is 0. The van der Waals surface area contributed by atoms with Crippen LogP contribution in [-0.2, 0) is 65.4 Å². The number of ether oxygens (including phenoxy) is 4. The van der Waals surface area contributed by atoms with Crippen molar-refractivity contribution in [3.63, 3.8) is 0 Å². The zero-order valence-electron chi connectivity index (χ0n) is 60.2. The Hall–Kier alpha value is -1.94. The molecule has 17 nitrogen and oxygen atoms in total. The molecule has 0 aliphatic heterocycles. The number of rotatable bonds is 70. The zero-order chi connectivity index (χ0) is 68.2. The molecule has 0 saturated carbocycles. The maximum absolute atomic E-state index is 13.1. The molecule has 0 bridgehead atoms. The van der Waals surface area contributed by atoms with Gasteiger partial charge in [0, 0.05) is 25.7 Å². The molecule has 0 fully saturated rings. The molecule has 0 aromatic rings. The van der Waals surface area contributed by atoms with Crippen molar-refractivity contribution < 1.29 is 80.2 Å². The average Bonchev–Trinajstić information content (AvgIpc) is 2.59. The van der Waals surface area contributed by atoms with E-state index < -0.39 is 97.5 Å². The van der Waals surface area contributed by atoms with Crippen molar-refractivity contribution in [2.24, 2.45) is 23.7 Å². The van der Waals surface area contributed by atoms with Crippen LogP contribution in [0.2, 0.25) is 0 Å². The summed E-state index contributed by atoms with van der Waals surface area (Å²) < 4.78 is 68.3. The van der Waals surface area contributed by atoms with Crippen LogP contribution in [0.4, 0.5) is 0 Å². The van der Waals surface area contributed by atoms with E-state index >= 15 is 0 Å². The van der Waals surface area contributed by atoms with Crippen molar-refractivity contribution in [2.45, 2.75) is 382 Å². The smallest absolute Gasteiger partial charge is 0.462 e. The Balaban J connectivity index is 5.21. The summed E-state index contributed by atoms with van der Waals surface area (Å²) in [5, 5.41) is 10.6. The monoisotopic (exact) mass is 1350 g/mol. The molecule has 0 aromatic carbocycles. The van der Waals surface area contributed by atoms with Crippen LogP contribution in [0.25, 0.3) is 0 Å². The van der Waals surface area contributed by atoms with Gasteiger partial charge in [0.2, 0.25) is 0 Å². The second kappa shape index (κ2) is 62.6. The van der Waals surface area contributed by atoms with Crippen LogP contribution in [0.3, 0.4) is 0 Å². The summed E-state index contributed by atoms with van der Waals surface area (Å²) in [6, 6.07) is 0. The number of carbonyl (C=O) groups excluding carboxylic acids is 4. The molecule has 0 radical (unpaired) electrons. The molecule has 546 valence electrons. The van der Waals surface area contributed by atoms with Crippen molar-refractivity contribution in [1.82, 2.24) is 0 Å². The van der Waals surface area contributed by atoms with Crippen LogP contribution in [0.15, 0.2) is 0 Å². The molecule has 0 amide bonds. The molecule has 0 heterocycles. The largest absolute Gasteiger partial charge is 0.472 e. The third kappa shape index (κ3) is 66.7. The Labute approximate surface area is 562 Å². The number of esters is 4. The molecule has 0 aromatic heterocycles. The van der Waals surface area contributed by atoms with Crippen LogP contribution in [0.5, 0.6) is 0 Å². The van der Waals surface area contributed by atoms with Crippen LogP contribution >= 0.6 is 15.6 Å². The zero-order valence-corrected chi connectivity index (χ0v) is 62.0. The number of carbonyl (C=O) groups is 4. The van der Waals surface area contributed by atoms with Gasteiger partial charge in [-0.2, -0.15) is 0 Å². The fourth-order valence-electron chi connectivity index (χ4n) is 11.0. The SMILES string of the molecule is CC(C)CCCCCCCCCCCCCCCCCCC(=O)O[C@H](COC(=O)CCCCCCCCCCCCCC(C)C)COP(=O)(O)OC[C@@H](O)COP(=O)(O)OC[C@@H](COC(=O)CCCCCCCCC(C)C)OC(=O)CCCCCCCCCC(C)C. The number of phosphoric ester groups is 2. The Morgan fingerprint density at radius 2 is 0.457 bits per heavy atom. The van der Waals surface area contributed by atoms with Crippen LogP contribution < -0.4 is 0 Å². The third-order valence-electron chi connectivity index (χ3n) is 16.8. The second-order valence-electron chi connectivity index (χ2n) is 28.2. The van der Waals surface area contributed by atoms with Crippen LogP contribution in [-0.4, -0.2) is 96.7 Å². The van der Waals surface area contributed by atoms with E-state index in [1.165, 1.54) is 161 Å². The van der Waals surface area contributed by atoms with E-state index in [0.717, 1.165) is 108 Å². The molecule has 92 heavy (non-hydrogen) atoms. The first-order valence-corrected chi connectivity index (χ1v) is 40.7. The first-order valence-electron chi connectivity index (χ1n) is 37.7. The van der Waals surface area contributed by atoms with E-state index in [0.29, 0.717) is 37.5 Å². The van der Waals surface area contributed by atoms with Gasteiger partial charge in [-0.15, -0.1) is 0 Å². The maximum atomic E-state index is 13.1. The third-order valence-corrected chi connectivity index (χ3v) is 18.7. The molecule has 0 saturated heterocycles. The predicted octanol–water partition coefficient (Wildman–Crippen LogP) is 20.9. The van der Waals surface area contributed by atoms with E-state index in [2.05, 4.69) is 55.4 Å². The lowest BCUT2D eigenvalue weighted by Gasteiger charge is -2.21. The molecule has 3 N–H and O–H groups in total.